The van der Waals surface area contributed by atoms with Crippen LogP contribution in [0.1, 0.15) is 12.5 Å². The van der Waals surface area contributed by atoms with Gasteiger partial charge in [-0.25, -0.2) is 8.42 Å². The van der Waals surface area contributed by atoms with Crippen molar-refractivity contribution in [1.29, 1.82) is 0 Å². The van der Waals surface area contributed by atoms with Crippen molar-refractivity contribution in [2.45, 2.75) is 12.7 Å². The Morgan fingerprint density at radius 1 is 1.42 bits per heavy atom. The van der Waals surface area contributed by atoms with Gasteiger partial charge in [0.1, 0.15) is 0 Å². The third-order valence-corrected chi connectivity index (χ3v) is 3.22. The highest BCUT2D eigenvalue weighted by molar-refractivity contribution is 7.90. The molecule has 2 nitrogen and oxygen atoms in total. The van der Waals surface area contributed by atoms with Gasteiger partial charge in [-0.15, -0.1) is 0 Å². The molecule has 0 saturated heterocycles. The van der Waals surface area contributed by atoms with Crippen LogP contribution in [0.5, 0.6) is 0 Å². The molecule has 0 aliphatic heterocycles. The topological polar surface area (TPSA) is 34.1 Å². The molecule has 0 N–H and O–H groups in total. The van der Waals surface area contributed by atoms with Crippen molar-refractivity contribution in [3.8, 4) is 0 Å². The molecule has 0 bridgehead atoms. The van der Waals surface area contributed by atoms with E-state index in [1.807, 2.05) is 12.1 Å². The molecule has 0 saturated carbocycles. The van der Waals surface area contributed by atoms with Crippen LogP contribution in [0.25, 0.3) is 0 Å². The Labute approximate surface area is 73.2 Å². The fraction of sp³-hybridized carbons (Fsp3) is 0.333. The van der Waals surface area contributed by atoms with Gasteiger partial charge < -0.3 is 0 Å². The Morgan fingerprint density at radius 2 is 2.17 bits per heavy atom. The van der Waals surface area contributed by atoms with Crippen LogP contribution in [0.4, 0.5) is 0 Å². The van der Waals surface area contributed by atoms with Gasteiger partial charge in [-0.1, -0.05) is 31.2 Å². The zero-order chi connectivity index (χ0) is 9.03. The minimum Gasteiger partial charge on any atom is -0.229 e. The summed E-state index contributed by atoms with van der Waals surface area (Å²) in [6.07, 6.45) is 0. The Morgan fingerprint density at radius 3 is 2.67 bits per heavy atom. The summed E-state index contributed by atoms with van der Waals surface area (Å²) in [7, 11) is -2.90. The lowest BCUT2D eigenvalue weighted by Crippen LogP contribution is -2.06. The van der Waals surface area contributed by atoms with Crippen molar-refractivity contribution in [2.75, 3.05) is 5.75 Å². The molecule has 1 aromatic carbocycles. The van der Waals surface area contributed by atoms with Crippen molar-refractivity contribution >= 4 is 9.84 Å². The van der Waals surface area contributed by atoms with Gasteiger partial charge in [0.05, 0.1) is 5.75 Å². The number of hydrogen-bond acceptors (Lipinski definition) is 2. The Kier molecular flexibility index (Phi) is 2.87. The first-order valence-corrected chi connectivity index (χ1v) is 5.62. The Hall–Kier alpha value is -0.830. The van der Waals surface area contributed by atoms with Crippen LogP contribution in [-0.2, 0) is 15.6 Å². The summed E-state index contributed by atoms with van der Waals surface area (Å²) >= 11 is 0. The van der Waals surface area contributed by atoms with Crippen LogP contribution in [0.15, 0.2) is 24.3 Å². The van der Waals surface area contributed by atoms with Gasteiger partial charge in [0, 0.05) is 5.75 Å². The van der Waals surface area contributed by atoms with Crippen molar-refractivity contribution in [3.63, 3.8) is 0 Å². The summed E-state index contributed by atoms with van der Waals surface area (Å²) in [5, 5.41) is 0. The molecule has 0 heterocycles. The molecular formula is C9H11O2S. The molecule has 0 amide bonds. The van der Waals surface area contributed by atoms with Crippen molar-refractivity contribution in [2.24, 2.45) is 0 Å². The zero-order valence-electron chi connectivity index (χ0n) is 6.95. The summed E-state index contributed by atoms with van der Waals surface area (Å²) in [4.78, 5) is 0. The smallest absolute Gasteiger partial charge is 0.154 e. The van der Waals surface area contributed by atoms with E-state index >= 15 is 0 Å². The normalized spacial score (nSPS) is 11.4. The lowest BCUT2D eigenvalue weighted by molar-refractivity contribution is 0.596. The molecule has 3 heteroatoms. The molecule has 0 fully saturated rings. The van der Waals surface area contributed by atoms with E-state index in [2.05, 4.69) is 6.07 Å². The molecule has 12 heavy (non-hydrogen) atoms. The molecule has 0 spiro atoms. The number of benzene rings is 1. The maximum absolute atomic E-state index is 11.1. The molecule has 0 aromatic heterocycles. The van der Waals surface area contributed by atoms with E-state index in [-0.39, 0.29) is 11.5 Å². The fourth-order valence-electron chi connectivity index (χ4n) is 0.859. The van der Waals surface area contributed by atoms with E-state index in [0.717, 1.165) is 5.56 Å². The second-order valence-electron chi connectivity index (χ2n) is 2.56. The predicted octanol–water partition coefficient (Wildman–Crippen LogP) is 1.42. The van der Waals surface area contributed by atoms with E-state index < -0.39 is 9.84 Å². The molecule has 1 aromatic rings. The standard InChI is InChI=1S/C9H11O2S/c1-2-12(10,11)8-9-6-4-3-5-7-9/h3-6H,2,8H2,1H3. The SMILES string of the molecule is CCS(=O)(=O)Cc1[c]cccc1. The second kappa shape index (κ2) is 3.72. The van der Waals surface area contributed by atoms with E-state index in [9.17, 15) is 8.42 Å². The number of sulfone groups is 1. The highest BCUT2D eigenvalue weighted by Crippen LogP contribution is 2.04. The Bertz CT molecular complexity index is 327. The van der Waals surface area contributed by atoms with Gasteiger partial charge in [0.2, 0.25) is 0 Å². The lowest BCUT2D eigenvalue weighted by atomic mass is 10.2. The average molecular weight is 183 g/mol. The quantitative estimate of drug-likeness (QED) is 0.710. The second-order valence-corrected chi connectivity index (χ2v) is 4.92. The molecule has 0 aliphatic carbocycles. The monoisotopic (exact) mass is 183 g/mol. The van der Waals surface area contributed by atoms with Gasteiger partial charge in [0.15, 0.2) is 9.84 Å². The van der Waals surface area contributed by atoms with Crippen LogP contribution in [0.3, 0.4) is 0 Å². The third kappa shape index (κ3) is 2.66. The fourth-order valence-corrected chi connectivity index (χ4v) is 1.72. The third-order valence-electron chi connectivity index (χ3n) is 1.59. The van der Waals surface area contributed by atoms with Crippen molar-refractivity contribution < 1.29 is 8.42 Å². The van der Waals surface area contributed by atoms with Crippen LogP contribution in [0.2, 0.25) is 0 Å². The van der Waals surface area contributed by atoms with Crippen molar-refractivity contribution in [3.05, 3.63) is 35.9 Å². The van der Waals surface area contributed by atoms with E-state index in [1.165, 1.54) is 0 Å². The molecule has 1 rings (SSSR count). The molecule has 1 radical (unpaired) electrons. The predicted molar refractivity (Wildman–Crippen MR) is 48.4 cm³/mol. The van der Waals surface area contributed by atoms with Crippen LogP contribution in [-0.4, -0.2) is 14.2 Å². The minimum absolute atomic E-state index is 0.102. The molecular weight excluding hydrogens is 172 g/mol. The minimum atomic E-state index is -2.90. The van der Waals surface area contributed by atoms with Gasteiger partial charge >= 0.3 is 0 Å². The molecule has 65 valence electrons. The summed E-state index contributed by atoms with van der Waals surface area (Å²) in [5.74, 6) is 0.292. The number of rotatable bonds is 3. The van der Waals surface area contributed by atoms with E-state index in [4.69, 9.17) is 0 Å². The van der Waals surface area contributed by atoms with E-state index in [0.29, 0.717) is 0 Å². The molecule has 0 aliphatic rings. The van der Waals surface area contributed by atoms with Gasteiger partial charge in [-0.2, -0.15) is 0 Å². The summed E-state index contributed by atoms with van der Waals surface area (Å²) in [5.41, 5.74) is 0.736. The first-order chi connectivity index (χ1) is 5.64. The largest absolute Gasteiger partial charge is 0.229 e. The molecule has 0 unspecified atom stereocenters. The van der Waals surface area contributed by atoms with Gasteiger partial charge in [0.25, 0.3) is 0 Å². The maximum atomic E-state index is 11.1. The van der Waals surface area contributed by atoms with Crippen LogP contribution in [0, 0.1) is 6.07 Å². The highest BCUT2D eigenvalue weighted by Gasteiger charge is 2.07. The highest BCUT2D eigenvalue weighted by atomic mass is 32.2. The van der Waals surface area contributed by atoms with Crippen molar-refractivity contribution in [1.82, 2.24) is 0 Å². The van der Waals surface area contributed by atoms with Crippen LogP contribution >= 0.6 is 0 Å². The Balaban J connectivity index is 2.78. The zero-order valence-corrected chi connectivity index (χ0v) is 7.76. The van der Waals surface area contributed by atoms with Crippen LogP contribution < -0.4 is 0 Å². The number of hydrogen-bond donors (Lipinski definition) is 0. The first kappa shape index (κ1) is 9.26. The summed E-state index contributed by atoms with van der Waals surface area (Å²) < 4.78 is 22.3. The summed E-state index contributed by atoms with van der Waals surface area (Å²) in [6, 6.07) is 10.0. The molecule has 0 atom stereocenters. The first-order valence-electron chi connectivity index (χ1n) is 3.80. The summed E-state index contributed by atoms with van der Waals surface area (Å²) in [6.45, 7) is 1.65. The maximum Gasteiger partial charge on any atom is 0.154 e. The van der Waals surface area contributed by atoms with Gasteiger partial charge in [-0.05, 0) is 11.6 Å². The van der Waals surface area contributed by atoms with Gasteiger partial charge in [-0.3, -0.25) is 0 Å². The lowest BCUT2D eigenvalue weighted by Gasteiger charge is -1.99. The van der Waals surface area contributed by atoms with E-state index in [1.54, 1.807) is 19.1 Å². The average Bonchev–Trinajstić information content (AvgIpc) is 2.06.